The number of hydrogen-bond donors (Lipinski definition) is 2. The quantitative estimate of drug-likeness (QED) is 0.771. The lowest BCUT2D eigenvalue weighted by Gasteiger charge is -2.48. The van der Waals surface area contributed by atoms with E-state index in [1.54, 1.807) is 4.90 Å². The van der Waals surface area contributed by atoms with Gasteiger partial charge >= 0.3 is 0 Å². The Balaban J connectivity index is 2.11. The molecule has 1 atom stereocenters. The molecule has 2 fully saturated rings. The standard InChI is InChI=1S/C15H27N3O3/c1-10(2)17-13(19)12-8-21-5-4-18(12)14(20)15(9-16)6-11(3)7-15/h10-12H,4-9,16H2,1-3H3,(H,17,19). The number of nitrogens with one attached hydrogen (secondary N) is 1. The summed E-state index contributed by atoms with van der Waals surface area (Å²) >= 11 is 0. The number of nitrogens with two attached hydrogens (primary N) is 1. The monoisotopic (exact) mass is 297 g/mol. The maximum atomic E-state index is 12.9. The molecule has 6 heteroatoms. The highest BCUT2D eigenvalue weighted by atomic mass is 16.5. The summed E-state index contributed by atoms with van der Waals surface area (Å²) < 4.78 is 5.40. The van der Waals surface area contributed by atoms with Crippen molar-refractivity contribution in [3.63, 3.8) is 0 Å². The number of rotatable bonds is 4. The average Bonchev–Trinajstić information content (AvgIpc) is 2.42. The molecule has 1 unspecified atom stereocenters. The lowest BCUT2D eigenvalue weighted by atomic mass is 9.61. The van der Waals surface area contributed by atoms with Crippen LogP contribution in [-0.4, -0.2) is 55.1 Å². The summed E-state index contributed by atoms with van der Waals surface area (Å²) in [6.07, 6.45) is 1.64. The lowest BCUT2D eigenvalue weighted by Crippen LogP contribution is -2.63. The Morgan fingerprint density at radius 2 is 2.10 bits per heavy atom. The molecule has 0 radical (unpaired) electrons. The van der Waals surface area contributed by atoms with Crippen molar-refractivity contribution in [2.45, 2.75) is 45.7 Å². The van der Waals surface area contributed by atoms with Gasteiger partial charge in [-0.15, -0.1) is 0 Å². The van der Waals surface area contributed by atoms with Crippen LogP contribution in [0.25, 0.3) is 0 Å². The van der Waals surface area contributed by atoms with Crippen LogP contribution >= 0.6 is 0 Å². The van der Waals surface area contributed by atoms with Crippen molar-refractivity contribution >= 4 is 11.8 Å². The number of nitrogens with zero attached hydrogens (tertiary/aromatic N) is 1. The van der Waals surface area contributed by atoms with E-state index in [2.05, 4.69) is 12.2 Å². The topological polar surface area (TPSA) is 84.7 Å². The van der Waals surface area contributed by atoms with Crippen molar-refractivity contribution in [3.05, 3.63) is 0 Å². The van der Waals surface area contributed by atoms with Gasteiger partial charge in [-0.25, -0.2) is 0 Å². The normalized spacial score (nSPS) is 32.7. The molecular formula is C15H27N3O3. The van der Waals surface area contributed by atoms with Gasteiger partial charge in [0, 0.05) is 19.1 Å². The molecular weight excluding hydrogens is 270 g/mol. The van der Waals surface area contributed by atoms with E-state index >= 15 is 0 Å². The van der Waals surface area contributed by atoms with Crippen molar-refractivity contribution in [2.24, 2.45) is 17.1 Å². The first-order valence-electron chi connectivity index (χ1n) is 7.79. The van der Waals surface area contributed by atoms with E-state index in [9.17, 15) is 9.59 Å². The smallest absolute Gasteiger partial charge is 0.245 e. The van der Waals surface area contributed by atoms with Gasteiger partial charge in [0.1, 0.15) is 6.04 Å². The van der Waals surface area contributed by atoms with E-state index in [0.29, 0.717) is 25.6 Å². The van der Waals surface area contributed by atoms with Gasteiger partial charge in [0.2, 0.25) is 11.8 Å². The zero-order valence-electron chi connectivity index (χ0n) is 13.2. The first kappa shape index (κ1) is 16.2. The third-order valence-corrected chi connectivity index (χ3v) is 4.45. The van der Waals surface area contributed by atoms with Crippen LogP contribution in [0.3, 0.4) is 0 Å². The first-order valence-corrected chi connectivity index (χ1v) is 7.79. The minimum atomic E-state index is -0.534. The highest BCUT2D eigenvalue weighted by molar-refractivity contribution is 5.91. The van der Waals surface area contributed by atoms with E-state index in [0.717, 1.165) is 12.8 Å². The molecule has 3 N–H and O–H groups in total. The number of morpholine rings is 1. The molecule has 120 valence electrons. The Bertz CT molecular complexity index is 405. The first-order chi connectivity index (χ1) is 9.89. The van der Waals surface area contributed by atoms with Crippen LogP contribution in [0.4, 0.5) is 0 Å². The van der Waals surface area contributed by atoms with Crippen molar-refractivity contribution in [2.75, 3.05) is 26.3 Å². The van der Waals surface area contributed by atoms with Gasteiger partial charge in [-0.3, -0.25) is 9.59 Å². The number of carbonyl (C=O) groups excluding carboxylic acids is 2. The molecule has 21 heavy (non-hydrogen) atoms. The lowest BCUT2D eigenvalue weighted by molar-refractivity contribution is -0.162. The second-order valence-corrected chi connectivity index (χ2v) is 6.75. The number of ether oxygens (including phenoxy) is 1. The summed E-state index contributed by atoms with van der Waals surface area (Å²) in [5.41, 5.74) is 5.40. The zero-order chi connectivity index (χ0) is 15.6. The Morgan fingerprint density at radius 1 is 1.43 bits per heavy atom. The fourth-order valence-corrected chi connectivity index (χ4v) is 3.45. The van der Waals surface area contributed by atoms with E-state index in [1.165, 1.54) is 0 Å². The molecule has 1 saturated heterocycles. The molecule has 6 nitrogen and oxygen atoms in total. The number of amides is 2. The summed E-state index contributed by atoms with van der Waals surface area (Å²) in [7, 11) is 0. The van der Waals surface area contributed by atoms with Crippen molar-refractivity contribution < 1.29 is 14.3 Å². The molecule has 0 aromatic carbocycles. The van der Waals surface area contributed by atoms with Gasteiger partial charge in [-0.2, -0.15) is 0 Å². The van der Waals surface area contributed by atoms with Crippen LogP contribution < -0.4 is 11.1 Å². The fraction of sp³-hybridized carbons (Fsp3) is 0.867. The van der Waals surface area contributed by atoms with Gasteiger partial charge in [0.15, 0.2) is 0 Å². The molecule has 2 rings (SSSR count). The van der Waals surface area contributed by atoms with Crippen molar-refractivity contribution in [1.29, 1.82) is 0 Å². The predicted octanol–water partition coefficient (Wildman–Crippen LogP) is 0.113. The molecule has 0 bridgehead atoms. The second kappa shape index (κ2) is 6.32. The largest absolute Gasteiger partial charge is 0.377 e. The van der Waals surface area contributed by atoms with Gasteiger partial charge in [-0.05, 0) is 32.6 Å². The molecule has 1 heterocycles. The Labute approximate surface area is 126 Å². The molecule has 1 aliphatic carbocycles. The van der Waals surface area contributed by atoms with Gasteiger partial charge in [-0.1, -0.05) is 6.92 Å². The Hall–Kier alpha value is -1.14. The Morgan fingerprint density at radius 3 is 2.62 bits per heavy atom. The SMILES string of the molecule is CC1CC(CN)(C(=O)N2CCOCC2C(=O)NC(C)C)C1. The summed E-state index contributed by atoms with van der Waals surface area (Å²) in [6.45, 7) is 7.50. The van der Waals surface area contributed by atoms with Crippen LogP contribution in [0.2, 0.25) is 0 Å². The molecule has 1 saturated carbocycles. The van der Waals surface area contributed by atoms with Crippen LogP contribution in [0.1, 0.15) is 33.6 Å². The summed E-state index contributed by atoms with van der Waals surface area (Å²) in [6, 6.07) is -0.489. The zero-order valence-corrected chi connectivity index (χ0v) is 13.2. The third kappa shape index (κ3) is 3.21. The molecule has 2 amide bonds. The highest BCUT2D eigenvalue weighted by Gasteiger charge is 2.51. The maximum absolute atomic E-state index is 12.9. The molecule has 0 aromatic heterocycles. The van der Waals surface area contributed by atoms with Crippen molar-refractivity contribution in [1.82, 2.24) is 10.2 Å². The molecule has 2 aliphatic rings. The molecule has 0 spiro atoms. The minimum Gasteiger partial charge on any atom is -0.377 e. The van der Waals surface area contributed by atoms with E-state index in [-0.39, 0.29) is 24.5 Å². The van der Waals surface area contributed by atoms with E-state index in [1.807, 2.05) is 13.8 Å². The van der Waals surface area contributed by atoms with Gasteiger partial charge < -0.3 is 20.7 Å². The molecule has 0 aromatic rings. The molecule has 1 aliphatic heterocycles. The van der Waals surface area contributed by atoms with E-state index in [4.69, 9.17) is 10.5 Å². The highest BCUT2D eigenvalue weighted by Crippen LogP contribution is 2.46. The predicted molar refractivity (Wildman–Crippen MR) is 79.5 cm³/mol. The van der Waals surface area contributed by atoms with E-state index < -0.39 is 11.5 Å². The van der Waals surface area contributed by atoms with Crippen LogP contribution in [-0.2, 0) is 14.3 Å². The maximum Gasteiger partial charge on any atom is 0.245 e. The van der Waals surface area contributed by atoms with Gasteiger partial charge in [0.25, 0.3) is 0 Å². The van der Waals surface area contributed by atoms with Gasteiger partial charge in [0.05, 0.1) is 18.6 Å². The summed E-state index contributed by atoms with van der Waals surface area (Å²) in [5, 5.41) is 2.87. The Kier molecular flexibility index (Phi) is 4.88. The summed E-state index contributed by atoms with van der Waals surface area (Å²) in [5.74, 6) is 0.411. The van der Waals surface area contributed by atoms with Crippen LogP contribution in [0.15, 0.2) is 0 Å². The van der Waals surface area contributed by atoms with Crippen LogP contribution in [0.5, 0.6) is 0 Å². The average molecular weight is 297 g/mol. The fourth-order valence-electron chi connectivity index (χ4n) is 3.45. The number of hydrogen-bond acceptors (Lipinski definition) is 4. The van der Waals surface area contributed by atoms with Crippen molar-refractivity contribution in [3.8, 4) is 0 Å². The number of carbonyl (C=O) groups is 2. The van der Waals surface area contributed by atoms with Crippen LogP contribution in [0, 0.1) is 11.3 Å². The summed E-state index contributed by atoms with van der Waals surface area (Å²) in [4.78, 5) is 26.9. The third-order valence-electron chi connectivity index (χ3n) is 4.45. The second-order valence-electron chi connectivity index (χ2n) is 6.75. The minimum absolute atomic E-state index is 0.0234.